The molecule has 6 nitrogen and oxygen atoms in total. The molecule has 0 aliphatic carbocycles. The van der Waals surface area contributed by atoms with Crippen LogP contribution in [-0.2, 0) is 17.8 Å². The number of rotatable bonds is 4. The fourth-order valence-electron chi connectivity index (χ4n) is 3.68. The van der Waals surface area contributed by atoms with Crippen molar-refractivity contribution in [3.63, 3.8) is 0 Å². The first-order valence-corrected chi connectivity index (χ1v) is 10.5. The Balaban J connectivity index is 1.83. The maximum Gasteiger partial charge on any atom is 0.305 e. The normalized spacial score (nSPS) is 15.4. The van der Waals surface area contributed by atoms with Crippen LogP contribution < -0.4 is 10.1 Å². The van der Waals surface area contributed by atoms with E-state index in [1.807, 2.05) is 12.1 Å². The molecule has 6 heteroatoms. The van der Waals surface area contributed by atoms with Crippen molar-refractivity contribution in [2.45, 2.75) is 38.6 Å². The molecule has 0 atom stereocenters. The molecular formula is C24H30N2O4. The summed E-state index contributed by atoms with van der Waals surface area (Å²) in [4.78, 5) is 25.5. The molecule has 0 unspecified atom stereocenters. The van der Waals surface area contributed by atoms with E-state index < -0.39 is 5.97 Å². The van der Waals surface area contributed by atoms with Gasteiger partial charge < -0.3 is 20.1 Å². The van der Waals surface area contributed by atoms with E-state index in [1.54, 1.807) is 6.07 Å². The van der Waals surface area contributed by atoms with Crippen LogP contribution >= 0.6 is 0 Å². The summed E-state index contributed by atoms with van der Waals surface area (Å²) in [6.45, 7) is 2.75. The van der Waals surface area contributed by atoms with Crippen LogP contribution in [0.4, 0.5) is 0 Å². The second-order valence-electron chi connectivity index (χ2n) is 7.87. The van der Waals surface area contributed by atoms with Gasteiger partial charge in [0.25, 0.3) is 5.91 Å². The molecule has 0 aromatic heterocycles. The van der Waals surface area contributed by atoms with Crippen molar-refractivity contribution in [3.8, 4) is 5.75 Å². The van der Waals surface area contributed by atoms with Crippen LogP contribution in [0.25, 0.3) is 0 Å². The molecule has 1 heterocycles. The highest BCUT2D eigenvalue weighted by atomic mass is 16.5. The van der Waals surface area contributed by atoms with Gasteiger partial charge in [0.05, 0.1) is 13.0 Å². The van der Waals surface area contributed by atoms with Gasteiger partial charge in [-0.2, -0.15) is 0 Å². The summed E-state index contributed by atoms with van der Waals surface area (Å²) in [5.41, 5.74) is 3.92. The number of hydrogen-bond acceptors (Lipinski definition) is 4. The lowest BCUT2D eigenvalue weighted by Gasteiger charge is -2.19. The molecule has 160 valence electrons. The summed E-state index contributed by atoms with van der Waals surface area (Å²) in [6.07, 6.45) is 3.83. The van der Waals surface area contributed by atoms with E-state index in [4.69, 9.17) is 9.84 Å². The SMILES string of the molecule is CN1CCCCCOc2ccc(C(=O)NCCC(=O)O)cc2Cc2cccc(c2)C1. The monoisotopic (exact) mass is 410 g/mol. The summed E-state index contributed by atoms with van der Waals surface area (Å²) in [6, 6.07) is 14.0. The predicted molar refractivity (Wildman–Crippen MR) is 116 cm³/mol. The van der Waals surface area contributed by atoms with Gasteiger partial charge in [-0.3, -0.25) is 9.59 Å². The third-order valence-corrected chi connectivity index (χ3v) is 5.23. The van der Waals surface area contributed by atoms with E-state index in [-0.39, 0.29) is 18.9 Å². The van der Waals surface area contributed by atoms with E-state index in [1.165, 1.54) is 11.1 Å². The molecule has 1 aliphatic heterocycles. The Bertz CT molecular complexity index is 881. The highest BCUT2D eigenvalue weighted by Crippen LogP contribution is 2.25. The smallest absolute Gasteiger partial charge is 0.305 e. The number of nitrogens with one attached hydrogen (secondary N) is 1. The Labute approximate surface area is 177 Å². The van der Waals surface area contributed by atoms with Gasteiger partial charge in [0.1, 0.15) is 5.75 Å². The van der Waals surface area contributed by atoms with Crippen molar-refractivity contribution in [1.82, 2.24) is 10.2 Å². The van der Waals surface area contributed by atoms with Crippen LogP contribution in [0.1, 0.15) is 52.7 Å². The summed E-state index contributed by atoms with van der Waals surface area (Å²) in [5.74, 6) is -0.399. The second kappa shape index (κ2) is 10.8. The Kier molecular flexibility index (Phi) is 7.85. The number of carbonyl (C=O) groups excluding carboxylic acids is 1. The van der Waals surface area contributed by atoms with Crippen molar-refractivity contribution in [3.05, 3.63) is 64.7 Å². The van der Waals surface area contributed by atoms with E-state index >= 15 is 0 Å². The molecule has 1 aliphatic rings. The van der Waals surface area contributed by atoms with Gasteiger partial charge in [-0.1, -0.05) is 24.3 Å². The summed E-state index contributed by atoms with van der Waals surface area (Å²) >= 11 is 0. The van der Waals surface area contributed by atoms with Crippen LogP contribution in [0.15, 0.2) is 42.5 Å². The predicted octanol–water partition coefficient (Wildman–Crippen LogP) is 3.48. The quantitative estimate of drug-likeness (QED) is 0.807. The Hall–Kier alpha value is -2.86. The van der Waals surface area contributed by atoms with Gasteiger partial charge in [-0.25, -0.2) is 0 Å². The third-order valence-electron chi connectivity index (χ3n) is 5.23. The fraction of sp³-hybridized carbons (Fsp3) is 0.417. The van der Waals surface area contributed by atoms with Crippen LogP contribution in [0.3, 0.4) is 0 Å². The molecule has 2 bridgehead atoms. The third kappa shape index (κ3) is 6.59. The molecule has 2 aromatic carbocycles. The average molecular weight is 411 g/mol. The van der Waals surface area contributed by atoms with E-state index in [0.29, 0.717) is 18.6 Å². The zero-order valence-electron chi connectivity index (χ0n) is 17.5. The lowest BCUT2D eigenvalue weighted by atomic mass is 9.99. The van der Waals surface area contributed by atoms with Crippen molar-refractivity contribution in [2.75, 3.05) is 26.7 Å². The topological polar surface area (TPSA) is 78.9 Å². The Morgan fingerprint density at radius 3 is 2.77 bits per heavy atom. The van der Waals surface area contributed by atoms with Crippen LogP contribution in [0.5, 0.6) is 5.75 Å². The minimum Gasteiger partial charge on any atom is -0.493 e. The van der Waals surface area contributed by atoms with Crippen LogP contribution in [0, 0.1) is 0 Å². The van der Waals surface area contributed by atoms with Gasteiger partial charge in [-0.15, -0.1) is 0 Å². The molecule has 0 fully saturated rings. The number of fused-ring (bicyclic) bond motifs is 3. The molecule has 1 amide bonds. The van der Waals surface area contributed by atoms with Gasteiger partial charge in [0.15, 0.2) is 0 Å². The van der Waals surface area contributed by atoms with Crippen molar-refractivity contribution < 1.29 is 19.4 Å². The number of carboxylic acid groups (broad SMARTS) is 1. The number of carbonyl (C=O) groups is 2. The highest BCUT2D eigenvalue weighted by Gasteiger charge is 2.13. The van der Waals surface area contributed by atoms with Gasteiger partial charge in [0.2, 0.25) is 0 Å². The minimum absolute atomic E-state index is 0.0962. The summed E-state index contributed by atoms with van der Waals surface area (Å²) in [5, 5.41) is 11.4. The van der Waals surface area contributed by atoms with Crippen LogP contribution in [0.2, 0.25) is 0 Å². The summed E-state index contributed by atoms with van der Waals surface area (Å²) in [7, 11) is 2.15. The number of hydrogen-bond donors (Lipinski definition) is 2. The first-order chi connectivity index (χ1) is 14.5. The standard InChI is InChI=1S/C24H30N2O4/c1-26-12-3-2-4-13-30-22-9-8-20(24(29)25-11-10-23(27)28)16-21(22)15-18-6-5-7-19(14-18)17-26/h5-9,14,16H,2-4,10-13,15,17H2,1H3,(H,25,29)(H,27,28). The fourth-order valence-corrected chi connectivity index (χ4v) is 3.68. The number of nitrogens with zero attached hydrogens (tertiary/aromatic N) is 1. The van der Waals surface area contributed by atoms with Gasteiger partial charge >= 0.3 is 5.97 Å². The van der Waals surface area contributed by atoms with E-state index in [0.717, 1.165) is 43.7 Å². The first-order valence-electron chi connectivity index (χ1n) is 10.5. The highest BCUT2D eigenvalue weighted by molar-refractivity contribution is 5.94. The molecule has 3 rings (SSSR count). The number of amides is 1. The van der Waals surface area contributed by atoms with E-state index in [2.05, 4.69) is 41.5 Å². The lowest BCUT2D eigenvalue weighted by molar-refractivity contribution is -0.136. The van der Waals surface area contributed by atoms with Crippen molar-refractivity contribution in [2.24, 2.45) is 0 Å². The zero-order chi connectivity index (χ0) is 21.3. The number of aliphatic carboxylic acids is 1. The van der Waals surface area contributed by atoms with E-state index in [9.17, 15) is 9.59 Å². The van der Waals surface area contributed by atoms with Crippen molar-refractivity contribution in [1.29, 1.82) is 0 Å². The number of carboxylic acids is 1. The lowest BCUT2D eigenvalue weighted by Crippen LogP contribution is -2.26. The maximum atomic E-state index is 12.4. The molecule has 0 saturated heterocycles. The largest absolute Gasteiger partial charge is 0.493 e. The van der Waals surface area contributed by atoms with Crippen molar-refractivity contribution >= 4 is 11.9 Å². The number of ether oxygens (including phenoxy) is 1. The first kappa shape index (κ1) is 21.8. The second-order valence-corrected chi connectivity index (χ2v) is 7.87. The molecular weight excluding hydrogens is 380 g/mol. The zero-order valence-corrected chi connectivity index (χ0v) is 17.5. The molecule has 0 saturated carbocycles. The Morgan fingerprint density at radius 2 is 1.93 bits per heavy atom. The molecule has 0 radical (unpaired) electrons. The molecule has 2 aromatic rings. The van der Waals surface area contributed by atoms with Gasteiger partial charge in [0, 0.05) is 25.1 Å². The minimum atomic E-state index is -0.932. The number of benzene rings is 2. The molecule has 0 spiro atoms. The van der Waals surface area contributed by atoms with Gasteiger partial charge in [-0.05, 0) is 67.7 Å². The molecule has 30 heavy (non-hydrogen) atoms. The average Bonchev–Trinajstić information content (AvgIpc) is 2.70. The van der Waals surface area contributed by atoms with Crippen LogP contribution in [-0.4, -0.2) is 48.6 Å². The summed E-state index contributed by atoms with van der Waals surface area (Å²) < 4.78 is 6.06. The molecule has 2 N–H and O–H groups in total. The Morgan fingerprint density at radius 1 is 1.10 bits per heavy atom. The maximum absolute atomic E-state index is 12.4.